The van der Waals surface area contributed by atoms with Gasteiger partial charge in [-0.3, -0.25) is 4.90 Å². The summed E-state index contributed by atoms with van der Waals surface area (Å²) in [5.74, 6) is -0.160. The first-order chi connectivity index (χ1) is 13.7. The van der Waals surface area contributed by atoms with Gasteiger partial charge in [-0.15, -0.1) is 0 Å². The Morgan fingerprint density at radius 1 is 1.28 bits per heavy atom. The van der Waals surface area contributed by atoms with Crippen molar-refractivity contribution in [3.8, 4) is 0 Å². The molecule has 1 N–H and O–H groups in total. The van der Waals surface area contributed by atoms with Gasteiger partial charge in [-0.2, -0.15) is 13.2 Å². The summed E-state index contributed by atoms with van der Waals surface area (Å²) in [5, 5.41) is 9.83. The van der Waals surface area contributed by atoms with Crippen LogP contribution in [0, 0.1) is 5.82 Å². The summed E-state index contributed by atoms with van der Waals surface area (Å²) in [7, 11) is 0. The van der Waals surface area contributed by atoms with Gasteiger partial charge in [-0.25, -0.2) is 14.2 Å². The minimum atomic E-state index is -4.79. The summed E-state index contributed by atoms with van der Waals surface area (Å²) >= 11 is 6.34. The Balaban J connectivity index is 1.63. The first kappa shape index (κ1) is 20.0. The smallest absolute Gasteiger partial charge is 0.419 e. The molecule has 1 aromatic carbocycles. The molecule has 156 valence electrons. The number of alkyl halides is 3. The monoisotopic (exact) mass is 431 g/mol. The van der Waals surface area contributed by atoms with Crippen molar-refractivity contribution in [2.45, 2.75) is 50.4 Å². The molecule has 0 bridgehead atoms. The van der Waals surface area contributed by atoms with Crippen LogP contribution in [-0.2, 0) is 19.1 Å². The van der Waals surface area contributed by atoms with Crippen LogP contribution >= 0.6 is 11.6 Å². The third-order valence-electron chi connectivity index (χ3n) is 5.48. The van der Waals surface area contributed by atoms with Crippen LogP contribution in [-0.4, -0.2) is 32.2 Å². The van der Waals surface area contributed by atoms with Crippen molar-refractivity contribution in [3.05, 3.63) is 51.8 Å². The first-order valence-electron chi connectivity index (χ1n) is 9.28. The van der Waals surface area contributed by atoms with Crippen LogP contribution in [0.2, 0.25) is 5.15 Å². The third-order valence-corrected chi connectivity index (χ3v) is 5.76. The van der Waals surface area contributed by atoms with E-state index in [-0.39, 0.29) is 30.1 Å². The van der Waals surface area contributed by atoms with Crippen molar-refractivity contribution in [1.82, 2.24) is 14.5 Å². The van der Waals surface area contributed by atoms with E-state index in [0.717, 1.165) is 30.8 Å². The van der Waals surface area contributed by atoms with Crippen molar-refractivity contribution in [3.63, 3.8) is 0 Å². The van der Waals surface area contributed by atoms with Crippen molar-refractivity contribution in [2.24, 2.45) is 0 Å². The van der Waals surface area contributed by atoms with E-state index in [1.807, 2.05) is 4.57 Å². The average molecular weight is 432 g/mol. The zero-order chi connectivity index (χ0) is 20.9. The molecule has 1 aliphatic heterocycles. The van der Waals surface area contributed by atoms with Crippen molar-refractivity contribution >= 4 is 17.7 Å². The molecule has 1 saturated carbocycles. The number of rotatable bonds is 4. The van der Waals surface area contributed by atoms with Crippen LogP contribution in [0.1, 0.15) is 53.9 Å². The van der Waals surface area contributed by atoms with E-state index in [1.54, 1.807) is 0 Å². The Bertz CT molecular complexity index is 956. The minimum absolute atomic E-state index is 0.137. The molecular formula is C19H18ClF4N3O2. The topological polar surface area (TPSA) is 58.4 Å². The van der Waals surface area contributed by atoms with E-state index in [9.17, 15) is 27.5 Å². The van der Waals surface area contributed by atoms with E-state index in [1.165, 1.54) is 11.0 Å². The zero-order valence-corrected chi connectivity index (χ0v) is 16.0. The second kappa shape index (κ2) is 7.19. The number of carbonyl (C=O) groups is 1. The van der Waals surface area contributed by atoms with E-state index in [4.69, 9.17) is 11.6 Å². The first-order valence-corrected chi connectivity index (χ1v) is 9.65. The van der Waals surface area contributed by atoms with Gasteiger partial charge in [0.2, 0.25) is 0 Å². The Morgan fingerprint density at radius 3 is 2.62 bits per heavy atom. The summed E-state index contributed by atoms with van der Waals surface area (Å²) in [5.41, 5.74) is -0.465. The van der Waals surface area contributed by atoms with Gasteiger partial charge in [0.25, 0.3) is 0 Å². The molecule has 2 aromatic rings. The molecule has 2 aliphatic rings. The van der Waals surface area contributed by atoms with Crippen LogP contribution in [0.25, 0.3) is 0 Å². The number of amides is 1. The number of fused-ring (bicyclic) bond motifs is 1. The maximum absolute atomic E-state index is 13.5. The lowest BCUT2D eigenvalue weighted by atomic mass is 9.99. The molecule has 5 nitrogen and oxygen atoms in total. The van der Waals surface area contributed by atoms with Gasteiger partial charge >= 0.3 is 12.3 Å². The highest BCUT2D eigenvalue weighted by Crippen LogP contribution is 2.44. The largest absolute Gasteiger partial charge is 0.465 e. The molecule has 10 heteroatoms. The van der Waals surface area contributed by atoms with Gasteiger partial charge in [0.05, 0.1) is 17.3 Å². The Morgan fingerprint density at radius 2 is 2.00 bits per heavy atom. The number of aromatic nitrogens is 2. The van der Waals surface area contributed by atoms with Crippen LogP contribution in [0.3, 0.4) is 0 Å². The van der Waals surface area contributed by atoms with E-state index in [0.29, 0.717) is 18.2 Å². The Hall–Kier alpha value is -2.29. The molecule has 0 saturated heterocycles. The van der Waals surface area contributed by atoms with Gasteiger partial charge < -0.3 is 9.67 Å². The van der Waals surface area contributed by atoms with Crippen LogP contribution in [0.4, 0.5) is 22.4 Å². The molecule has 1 amide bonds. The zero-order valence-electron chi connectivity index (χ0n) is 15.2. The molecule has 0 spiro atoms. The lowest BCUT2D eigenvalue weighted by Gasteiger charge is -2.35. The second-order valence-corrected chi connectivity index (χ2v) is 7.77. The number of benzene rings is 1. The highest BCUT2D eigenvalue weighted by atomic mass is 35.5. The molecule has 1 aliphatic carbocycles. The number of halogens is 5. The molecule has 2 heterocycles. The van der Waals surface area contributed by atoms with Crippen molar-refractivity contribution in [1.29, 1.82) is 0 Å². The number of hydrogen-bond donors (Lipinski definition) is 1. The molecule has 1 unspecified atom stereocenters. The lowest BCUT2D eigenvalue weighted by molar-refractivity contribution is -0.140. The summed E-state index contributed by atoms with van der Waals surface area (Å²) in [6.07, 6.45) is -3.55. The summed E-state index contributed by atoms with van der Waals surface area (Å²) in [6, 6.07) is 2.22. The van der Waals surface area contributed by atoms with Crippen LogP contribution in [0.15, 0.2) is 18.2 Å². The lowest BCUT2D eigenvalue weighted by Crippen LogP contribution is -2.42. The second-order valence-electron chi connectivity index (χ2n) is 7.41. The maximum Gasteiger partial charge on any atom is 0.419 e. The SMILES string of the molecule is O=C(O)N1CCn2c(C3CC3)nc(Cl)c2C1CCc1ccc(F)c(C(F)(F)F)c1. The van der Waals surface area contributed by atoms with Gasteiger partial charge in [0.1, 0.15) is 11.6 Å². The Labute approximate surface area is 168 Å². The van der Waals surface area contributed by atoms with Gasteiger partial charge in [0.15, 0.2) is 5.15 Å². The fourth-order valence-electron chi connectivity index (χ4n) is 3.94. The number of aryl methyl sites for hydroxylation is 1. The Kier molecular flexibility index (Phi) is 4.96. The molecule has 29 heavy (non-hydrogen) atoms. The van der Waals surface area contributed by atoms with Crippen molar-refractivity contribution < 1.29 is 27.5 Å². The molecule has 1 atom stereocenters. The van der Waals surface area contributed by atoms with Gasteiger partial charge in [0, 0.05) is 19.0 Å². The maximum atomic E-state index is 13.5. The molecule has 1 fully saturated rings. The van der Waals surface area contributed by atoms with Crippen LogP contribution < -0.4 is 0 Å². The normalized spacial score (nSPS) is 19.3. The third kappa shape index (κ3) is 3.80. The summed E-state index contributed by atoms with van der Waals surface area (Å²) in [6.45, 7) is 0.690. The van der Waals surface area contributed by atoms with Crippen LogP contribution in [0.5, 0.6) is 0 Å². The summed E-state index contributed by atoms with van der Waals surface area (Å²) in [4.78, 5) is 17.4. The molecular weight excluding hydrogens is 414 g/mol. The van der Waals surface area contributed by atoms with Gasteiger partial charge in [-0.1, -0.05) is 17.7 Å². The summed E-state index contributed by atoms with van der Waals surface area (Å²) < 4.78 is 54.4. The molecule has 4 rings (SSSR count). The van der Waals surface area contributed by atoms with E-state index < -0.39 is 29.7 Å². The average Bonchev–Trinajstić information content (AvgIpc) is 3.43. The fraction of sp³-hybridized carbons (Fsp3) is 0.474. The fourth-order valence-corrected chi connectivity index (χ4v) is 4.25. The number of carboxylic acid groups (broad SMARTS) is 1. The van der Waals surface area contributed by atoms with E-state index >= 15 is 0 Å². The predicted octanol–water partition coefficient (Wildman–Crippen LogP) is 5.24. The molecule has 0 radical (unpaired) electrons. The number of imidazole rings is 1. The minimum Gasteiger partial charge on any atom is -0.465 e. The van der Waals surface area contributed by atoms with Gasteiger partial charge in [-0.05, 0) is 43.4 Å². The number of hydrogen-bond acceptors (Lipinski definition) is 2. The molecule has 1 aromatic heterocycles. The highest BCUT2D eigenvalue weighted by Gasteiger charge is 2.39. The standard InChI is InChI=1S/C19H18ClF4N3O2/c20-16-15-14(6-2-10-1-5-13(21)12(9-10)19(22,23)24)26(18(28)29)7-8-27(15)17(25-16)11-3-4-11/h1,5,9,11,14H,2-4,6-8H2,(H,28,29). The highest BCUT2D eigenvalue weighted by molar-refractivity contribution is 6.30. The van der Waals surface area contributed by atoms with Crippen molar-refractivity contribution in [2.75, 3.05) is 6.54 Å². The van der Waals surface area contributed by atoms with E-state index in [2.05, 4.69) is 4.98 Å². The quantitative estimate of drug-likeness (QED) is 0.673. The predicted molar refractivity (Wildman–Crippen MR) is 96.4 cm³/mol. The number of nitrogens with zero attached hydrogens (tertiary/aromatic N) is 3.